The third-order valence-electron chi connectivity index (χ3n) is 4.18. The molecule has 3 rings (SSSR count). The molecule has 0 bridgehead atoms. The van der Waals surface area contributed by atoms with Crippen LogP contribution >= 0.6 is 0 Å². The number of methoxy groups -OCH3 is 1. The second-order valence-electron chi connectivity index (χ2n) is 5.94. The van der Waals surface area contributed by atoms with E-state index in [0.29, 0.717) is 17.7 Å². The molecule has 1 amide bonds. The SMILES string of the molecule is COc1ccc2c(=O)n(CC(=O)N(C)Cc3ccccc3)ccc2c1. The van der Waals surface area contributed by atoms with Crippen molar-refractivity contribution >= 4 is 16.7 Å². The number of rotatable bonds is 5. The van der Waals surface area contributed by atoms with Gasteiger partial charge in [-0.1, -0.05) is 30.3 Å². The Kier molecular flexibility index (Phi) is 4.84. The molecule has 25 heavy (non-hydrogen) atoms. The maximum atomic E-state index is 12.6. The highest BCUT2D eigenvalue weighted by molar-refractivity contribution is 5.83. The van der Waals surface area contributed by atoms with Gasteiger partial charge in [-0.3, -0.25) is 9.59 Å². The first-order valence-corrected chi connectivity index (χ1v) is 8.03. The number of nitrogens with zero attached hydrogens (tertiary/aromatic N) is 2. The zero-order chi connectivity index (χ0) is 17.8. The predicted molar refractivity (Wildman–Crippen MR) is 97.7 cm³/mol. The largest absolute Gasteiger partial charge is 0.497 e. The molecule has 0 N–H and O–H groups in total. The average molecular weight is 336 g/mol. The minimum atomic E-state index is -0.179. The van der Waals surface area contributed by atoms with E-state index in [-0.39, 0.29) is 18.0 Å². The van der Waals surface area contributed by atoms with Crippen molar-refractivity contribution < 1.29 is 9.53 Å². The molecular formula is C20H20N2O3. The van der Waals surface area contributed by atoms with E-state index in [0.717, 1.165) is 10.9 Å². The molecular weight excluding hydrogens is 316 g/mol. The standard InChI is InChI=1S/C20H20N2O3/c1-21(13-15-6-4-3-5-7-15)19(23)14-22-11-10-16-12-17(25-2)8-9-18(16)20(22)24/h3-12H,13-14H2,1-2H3. The van der Waals surface area contributed by atoms with Crippen LogP contribution in [0.15, 0.2) is 65.6 Å². The summed E-state index contributed by atoms with van der Waals surface area (Å²) < 4.78 is 6.62. The van der Waals surface area contributed by atoms with Crippen LogP contribution in [0.2, 0.25) is 0 Å². The number of ether oxygens (including phenoxy) is 1. The Morgan fingerprint density at radius 2 is 1.88 bits per heavy atom. The van der Waals surface area contributed by atoms with Gasteiger partial charge in [-0.2, -0.15) is 0 Å². The van der Waals surface area contributed by atoms with Crippen molar-refractivity contribution in [2.24, 2.45) is 0 Å². The smallest absolute Gasteiger partial charge is 0.258 e. The molecule has 5 nitrogen and oxygen atoms in total. The summed E-state index contributed by atoms with van der Waals surface area (Å²) in [7, 11) is 3.33. The van der Waals surface area contributed by atoms with E-state index in [4.69, 9.17) is 4.74 Å². The molecule has 0 aliphatic carbocycles. The average Bonchev–Trinajstić information content (AvgIpc) is 2.64. The third-order valence-corrected chi connectivity index (χ3v) is 4.18. The fourth-order valence-electron chi connectivity index (χ4n) is 2.73. The van der Waals surface area contributed by atoms with Gasteiger partial charge >= 0.3 is 0 Å². The van der Waals surface area contributed by atoms with Crippen LogP contribution in [-0.4, -0.2) is 29.5 Å². The van der Waals surface area contributed by atoms with Crippen LogP contribution in [0.25, 0.3) is 10.8 Å². The Balaban J connectivity index is 1.79. The third kappa shape index (κ3) is 3.71. The Bertz CT molecular complexity index is 948. The quantitative estimate of drug-likeness (QED) is 0.720. The minimum absolute atomic E-state index is 0.0180. The lowest BCUT2D eigenvalue weighted by Gasteiger charge is -2.18. The van der Waals surface area contributed by atoms with Crippen LogP contribution in [0, 0.1) is 0 Å². The monoisotopic (exact) mass is 336 g/mol. The number of aromatic nitrogens is 1. The summed E-state index contributed by atoms with van der Waals surface area (Å²) >= 11 is 0. The first-order valence-electron chi connectivity index (χ1n) is 8.03. The molecule has 0 radical (unpaired) electrons. The van der Waals surface area contributed by atoms with Gasteiger partial charge < -0.3 is 14.2 Å². The van der Waals surface area contributed by atoms with E-state index >= 15 is 0 Å². The fraction of sp³-hybridized carbons (Fsp3) is 0.200. The molecule has 0 fully saturated rings. The lowest BCUT2D eigenvalue weighted by Crippen LogP contribution is -2.33. The maximum Gasteiger partial charge on any atom is 0.258 e. The van der Waals surface area contributed by atoms with Gasteiger partial charge in [0, 0.05) is 25.2 Å². The van der Waals surface area contributed by atoms with Crippen LogP contribution in [0.5, 0.6) is 5.75 Å². The highest BCUT2D eigenvalue weighted by Gasteiger charge is 2.12. The molecule has 0 saturated heterocycles. The second-order valence-corrected chi connectivity index (χ2v) is 5.94. The van der Waals surface area contributed by atoms with Gasteiger partial charge in [-0.15, -0.1) is 0 Å². The van der Waals surface area contributed by atoms with Gasteiger partial charge in [0.15, 0.2) is 0 Å². The molecule has 0 aliphatic rings. The maximum absolute atomic E-state index is 12.6. The molecule has 0 saturated carbocycles. The summed E-state index contributed by atoms with van der Waals surface area (Å²) in [5.74, 6) is 0.585. The first-order chi connectivity index (χ1) is 12.1. The van der Waals surface area contributed by atoms with Gasteiger partial charge in [-0.05, 0) is 35.2 Å². The summed E-state index contributed by atoms with van der Waals surface area (Å²) in [4.78, 5) is 26.7. The molecule has 1 aromatic heterocycles. The number of carbonyl (C=O) groups is 1. The second kappa shape index (κ2) is 7.21. The summed E-state index contributed by atoms with van der Waals surface area (Å²) in [6.45, 7) is 0.531. The van der Waals surface area contributed by atoms with Gasteiger partial charge in [-0.25, -0.2) is 0 Å². The number of likely N-dealkylation sites (N-methyl/N-ethyl adjacent to an activating group) is 1. The molecule has 0 unspecified atom stereocenters. The Labute approximate surface area is 146 Å². The lowest BCUT2D eigenvalue weighted by atomic mass is 10.1. The number of hydrogen-bond acceptors (Lipinski definition) is 3. The van der Waals surface area contributed by atoms with Gasteiger partial charge in [0.25, 0.3) is 5.56 Å². The summed E-state index contributed by atoms with van der Waals surface area (Å²) in [5.41, 5.74) is 0.873. The van der Waals surface area contributed by atoms with Crippen LogP contribution < -0.4 is 10.3 Å². The number of carbonyl (C=O) groups excluding carboxylic acids is 1. The number of hydrogen-bond donors (Lipinski definition) is 0. The van der Waals surface area contributed by atoms with E-state index in [1.807, 2.05) is 42.5 Å². The first kappa shape index (κ1) is 16.8. The van der Waals surface area contributed by atoms with Crippen LogP contribution in [-0.2, 0) is 17.9 Å². The van der Waals surface area contributed by atoms with Gasteiger partial charge in [0.1, 0.15) is 12.3 Å². The molecule has 0 atom stereocenters. The van der Waals surface area contributed by atoms with Crippen LogP contribution in [0.1, 0.15) is 5.56 Å². The Morgan fingerprint density at radius 1 is 1.12 bits per heavy atom. The molecule has 1 heterocycles. The number of amides is 1. The molecule has 3 aromatic rings. The van der Waals surface area contributed by atoms with Crippen molar-refractivity contribution in [3.63, 3.8) is 0 Å². The van der Waals surface area contributed by atoms with Gasteiger partial charge in [0.2, 0.25) is 5.91 Å². The van der Waals surface area contributed by atoms with E-state index in [1.54, 1.807) is 37.4 Å². The van der Waals surface area contributed by atoms with Crippen molar-refractivity contribution in [2.75, 3.05) is 14.2 Å². The van der Waals surface area contributed by atoms with E-state index in [9.17, 15) is 9.59 Å². The van der Waals surface area contributed by atoms with Crippen molar-refractivity contribution in [3.05, 3.63) is 76.7 Å². The summed E-state index contributed by atoms with van der Waals surface area (Å²) in [6.07, 6.45) is 1.65. The molecule has 0 aliphatic heterocycles. The van der Waals surface area contributed by atoms with Crippen LogP contribution in [0.4, 0.5) is 0 Å². The summed E-state index contributed by atoms with van der Waals surface area (Å²) in [6, 6.07) is 16.9. The zero-order valence-corrected chi connectivity index (χ0v) is 14.3. The normalized spacial score (nSPS) is 10.6. The van der Waals surface area contributed by atoms with Gasteiger partial charge in [0.05, 0.1) is 7.11 Å². The lowest BCUT2D eigenvalue weighted by molar-refractivity contribution is -0.131. The Hall–Kier alpha value is -3.08. The predicted octanol–water partition coefficient (Wildman–Crippen LogP) is 2.67. The topological polar surface area (TPSA) is 51.5 Å². The van der Waals surface area contributed by atoms with Crippen molar-refractivity contribution in [2.45, 2.75) is 13.1 Å². The molecule has 5 heteroatoms. The van der Waals surface area contributed by atoms with Crippen molar-refractivity contribution in [1.82, 2.24) is 9.47 Å². The van der Waals surface area contributed by atoms with Crippen molar-refractivity contribution in [1.29, 1.82) is 0 Å². The fourth-order valence-corrected chi connectivity index (χ4v) is 2.73. The van der Waals surface area contributed by atoms with E-state index < -0.39 is 0 Å². The minimum Gasteiger partial charge on any atom is -0.497 e. The molecule has 128 valence electrons. The highest BCUT2D eigenvalue weighted by atomic mass is 16.5. The number of benzene rings is 2. The number of pyridine rings is 1. The van der Waals surface area contributed by atoms with Crippen LogP contribution in [0.3, 0.4) is 0 Å². The molecule has 0 spiro atoms. The zero-order valence-electron chi connectivity index (χ0n) is 14.3. The van der Waals surface area contributed by atoms with E-state index in [1.165, 1.54) is 4.57 Å². The number of fused-ring (bicyclic) bond motifs is 1. The molecule has 2 aromatic carbocycles. The highest BCUT2D eigenvalue weighted by Crippen LogP contribution is 2.17. The van der Waals surface area contributed by atoms with E-state index in [2.05, 4.69) is 0 Å². The Morgan fingerprint density at radius 3 is 2.60 bits per heavy atom. The van der Waals surface area contributed by atoms with Crippen molar-refractivity contribution in [3.8, 4) is 5.75 Å². The summed E-state index contributed by atoms with van der Waals surface area (Å²) in [5, 5.41) is 1.37.